The predicted octanol–water partition coefficient (Wildman–Crippen LogP) is 1.82. The van der Waals surface area contributed by atoms with Crippen molar-refractivity contribution in [2.24, 2.45) is 5.41 Å². The highest BCUT2D eigenvalue weighted by Gasteiger charge is 2.34. The Kier molecular flexibility index (Phi) is 5.99. The molecule has 1 N–H and O–H groups in total. The van der Waals surface area contributed by atoms with Gasteiger partial charge in [0.25, 0.3) is 0 Å². The molecule has 1 rings (SSSR count). The fourth-order valence-electron chi connectivity index (χ4n) is 2.59. The van der Waals surface area contributed by atoms with Crippen LogP contribution in [0.5, 0.6) is 0 Å². The number of carboxylic acids is 1. The predicted molar refractivity (Wildman–Crippen MR) is 78.6 cm³/mol. The van der Waals surface area contributed by atoms with Gasteiger partial charge in [-0.15, -0.1) is 0 Å². The number of nitrogens with zero attached hydrogens (tertiary/aromatic N) is 2. The van der Waals surface area contributed by atoms with Crippen LogP contribution in [0.1, 0.15) is 46.0 Å². The highest BCUT2D eigenvalue weighted by atomic mass is 16.4. The second-order valence-corrected chi connectivity index (χ2v) is 6.69. The maximum absolute atomic E-state index is 12.5. The van der Waals surface area contributed by atoms with Crippen LogP contribution in [0.4, 0.5) is 0 Å². The molecule has 1 aliphatic rings. The summed E-state index contributed by atoms with van der Waals surface area (Å²) in [5.41, 5.74) is -0.994. The molecule has 20 heavy (non-hydrogen) atoms. The highest BCUT2D eigenvalue weighted by molar-refractivity contribution is 5.84. The molecule has 5 nitrogen and oxygen atoms in total. The molecule has 0 spiro atoms. The fourth-order valence-corrected chi connectivity index (χ4v) is 2.59. The number of aliphatic carboxylic acids is 1. The van der Waals surface area contributed by atoms with E-state index in [4.69, 9.17) is 0 Å². The second kappa shape index (κ2) is 7.07. The van der Waals surface area contributed by atoms with Crippen LogP contribution < -0.4 is 0 Å². The molecule has 0 aromatic carbocycles. The standard InChI is InChI=1S/C15H28N2O3/c1-15(2,14(19)20)11-13(18)17(10-9-16(3)4)12-7-5-6-8-12/h12H,5-11H2,1-4H3,(H,19,20). The highest BCUT2D eigenvalue weighted by Crippen LogP contribution is 2.27. The first kappa shape index (κ1) is 17.0. The molecule has 0 bridgehead atoms. The van der Waals surface area contributed by atoms with Crippen molar-refractivity contribution in [3.05, 3.63) is 0 Å². The lowest BCUT2D eigenvalue weighted by Crippen LogP contribution is -2.45. The zero-order valence-electron chi connectivity index (χ0n) is 13.2. The zero-order chi connectivity index (χ0) is 15.3. The Bertz CT molecular complexity index is 347. The summed E-state index contributed by atoms with van der Waals surface area (Å²) in [5, 5.41) is 9.18. The Morgan fingerprint density at radius 2 is 1.70 bits per heavy atom. The van der Waals surface area contributed by atoms with Gasteiger partial charge < -0.3 is 14.9 Å². The van der Waals surface area contributed by atoms with E-state index < -0.39 is 11.4 Å². The summed E-state index contributed by atoms with van der Waals surface area (Å²) in [7, 11) is 3.97. The van der Waals surface area contributed by atoms with Crippen molar-refractivity contribution < 1.29 is 14.7 Å². The van der Waals surface area contributed by atoms with Crippen molar-refractivity contribution in [1.82, 2.24) is 9.80 Å². The van der Waals surface area contributed by atoms with Crippen LogP contribution in [0.15, 0.2) is 0 Å². The van der Waals surface area contributed by atoms with Crippen LogP contribution in [-0.4, -0.2) is 60.0 Å². The van der Waals surface area contributed by atoms with Gasteiger partial charge in [0.1, 0.15) is 0 Å². The van der Waals surface area contributed by atoms with Gasteiger partial charge in [-0.25, -0.2) is 0 Å². The Labute approximate surface area is 121 Å². The Hall–Kier alpha value is -1.10. The molecule has 0 unspecified atom stereocenters. The van der Waals surface area contributed by atoms with Crippen molar-refractivity contribution in [3.63, 3.8) is 0 Å². The van der Waals surface area contributed by atoms with Crippen molar-refractivity contribution in [1.29, 1.82) is 0 Å². The number of likely N-dealkylation sites (N-methyl/N-ethyl adjacent to an activating group) is 1. The lowest BCUT2D eigenvalue weighted by molar-refractivity contribution is -0.152. The largest absolute Gasteiger partial charge is 0.481 e. The minimum atomic E-state index is -0.994. The van der Waals surface area contributed by atoms with Gasteiger partial charge in [0.15, 0.2) is 0 Å². The van der Waals surface area contributed by atoms with E-state index in [1.165, 1.54) is 12.8 Å². The van der Waals surface area contributed by atoms with E-state index in [0.29, 0.717) is 12.6 Å². The third-order valence-electron chi connectivity index (χ3n) is 4.05. The number of hydrogen-bond donors (Lipinski definition) is 1. The lowest BCUT2D eigenvalue weighted by Gasteiger charge is -2.32. The Morgan fingerprint density at radius 3 is 2.15 bits per heavy atom. The molecule has 0 aromatic rings. The number of rotatable bonds is 7. The Balaban J connectivity index is 2.70. The quantitative estimate of drug-likeness (QED) is 0.774. The van der Waals surface area contributed by atoms with Gasteiger partial charge >= 0.3 is 5.97 Å². The topological polar surface area (TPSA) is 60.9 Å². The van der Waals surface area contributed by atoms with Crippen LogP contribution in [0.25, 0.3) is 0 Å². The van der Waals surface area contributed by atoms with E-state index >= 15 is 0 Å². The minimum absolute atomic E-state index is 0.0221. The van der Waals surface area contributed by atoms with Gasteiger partial charge in [0.05, 0.1) is 5.41 Å². The first-order valence-corrected chi connectivity index (χ1v) is 7.41. The lowest BCUT2D eigenvalue weighted by atomic mass is 9.88. The first-order valence-electron chi connectivity index (χ1n) is 7.41. The number of carboxylic acid groups (broad SMARTS) is 1. The van der Waals surface area contributed by atoms with Crippen LogP contribution in [-0.2, 0) is 9.59 Å². The van der Waals surface area contributed by atoms with Crippen molar-refractivity contribution in [3.8, 4) is 0 Å². The number of amides is 1. The molecule has 1 aliphatic carbocycles. The second-order valence-electron chi connectivity index (χ2n) is 6.69. The summed E-state index contributed by atoms with van der Waals surface area (Å²) in [5.74, 6) is -0.934. The summed E-state index contributed by atoms with van der Waals surface area (Å²) in [6, 6.07) is 0.298. The molecule has 1 fully saturated rings. The smallest absolute Gasteiger partial charge is 0.309 e. The average Bonchev–Trinajstić information content (AvgIpc) is 2.81. The third kappa shape index (κ3) is 4.78. The summed E-state index contributed by atoms with van der Waals surface area (Å²) in [6.07, 6.45) is 4.50. The van der Waals surface area contributed by atoms with Gasteiger partial charge in [-0.05, 0) is 40.8 Å². The van der Waals surface area contributed by atoms with E-state index in [1.807, 2.05) is 19.0 Å². The third-order valence-corrected chi connectivity index (χ3v) is 4.05. The molecule has 1 saturated carbocycles. The van der Waals surface area contributed by atoms with Crippen LogP contribution in [0.2, 0.25) is 0 Å². The van der Waals surface area contributed by atoms with E-state index in [-0.39, 0.29) is 12.3 Å². The van der Waals surface area contributed by atoms with Crippen molar-refractivity contribution in [2.45, 2.75) is 52.0 Å². The summed E-state index contributed by atoms with van der Waals surface area (Å²) >= 11 is 0. The molecule has 1 amide bonds. The van der Waals surface area contributed by atoms with Gasteiger partial charge in [0.2, 0.25) is 5.91 Å². The SMILES string of the molecule is CN(C)CCN(C(=O)CC(C)(C)C(=O)O)C1CCCC1. The van der Waals surface area contributed by atoms with Crippen LogP contribution in [0.3, 0.4) is 0 Å². The number of hydrogen-bond acceptors (Lipinski definition) is 3. The number of carbonyl (C=O) groups is 2. The zero-order valence-corrected chi connectivity index (χ0v) is 13.2. The summed E-state index contributed by atoms with van der Waals surface area (Å²) < 4.78 is 0. The van der Waals surface area contributed by atoms with E-state index in [1.54, 1.807) is 13.8 Å². The molecule has 116 valence electrons. The fraction of sp³-hybridized carbons (Fsp3) is 0.867. The van der Waals surface area contributed by atoms with E-state index in [9.17, 15) is 14.7 Å². The monoisotopic (exact) mass is 284 g/mol. The van der Waals surface area contributed by atoms with Gasteiger partial charge in [0, 0.05) is 25.6 Å². The maximum atomic E-state index is 12.5. The van der Waals surface area contributed by atoms with E-state index in [2.05, 4.69) is 4.90 Å². The average molecular weight is 284 g/mol. The van der Waals surface area contributed by atoms with Crippen molar-refractivity contribution >= 4 is 11.9 Å². The Morgan fingerprint density at radius 1 is 1.15 bits per heavy atom. The normalized spacial score (nSPS) is 16.6. The van der Waals surface area contributed by atoms with Crippen molar-refractivity contribution in [2.75, 3.05) is 27.2 Å². The van der Waals surface area contributed by atoms with Crippen LogP contribution in [0, 0.1) is 5.41 Å². The summed E-state index contributed by atoms with van der Waals surface area (Å²) in [6.45, 7) is 4.74. The molecule has 5 heteroatoms. The molecular formula is C15H28N2O3. The van der Waals surface area contributed by atoms with E-state index in [0.717, 1.165) is 19.4 Å². The van der Waals surface area contributed by atoms with Crippen LogP contribution >= 0.6 is 0 Å². The first-order chi connectivity index (χ1) is 9.24. The van der Waals surface area contributed by atoms with Gasteiger partial charge in [-0.2, -0.15) is 0 Å². The van der Waals surface area contributed by atoms with Gasteiger partial charge in [-0.1, -0.05) is 12.8 Å². The molecule has 0 heterocycles. The summed E-state index contributed by atoms with van der Waals surface area (Å²) in [4.78, 5) is 27.7. The molecule has 0 saturated heterocycles. The molecular weight excluding hydrogens is 256 g/mol. The molecule has 0 aliphatic heterocycles. The molecule has 0 atom stereocenters. The molecule has 0 aromatic heterocycles. The minimum Gasteiger partial charge on any atom is -0.481 e. The van der Waals surface area contributed by atoms with Gasteiger partial charge in [-0.3, -0.25) is 9.59 Å². The number of carbonyl (C=O) groups excluding carboxylic acids is 1. The molecule has 0 radical (unpaired) electrons. The maximum Gasteiger partial charge on any atom is 0.309 e.